The van der Waals surface area contributed by atoms with E-state index in [0.717, 1.165) is 39.4 Å². The Morgan fingerprint density at radius 2 is 1.74 bits per heavy atom. The summed E-state index contributed by atoms with van der Waals surface area (Å²) in [6, 6.07) is 19.9. The van der Waals surface area contributed by atoms with Gasteiger partial charge in [-0.25, -0.2) is 0 Å². The third-order valence-electron chi connectivity index (χ3n) is 6.25. The summed E-state index contributed by atoms with van der Waals surface area (Å²) in [7, 11) is 0. The molecule has 5 rings (SSSR count). The van der Waals surface area contributed by atoms with Crippen LogP contribution in [0.2, 0.25) is 0 Å². The first-order valence-electron chi connectivity index (χ1n) is 11.6. The summed E-state index contributed by atoms with van der Waals surface area (Å²) in [5.41, 5.74) is 3.88. The van der Waals surface area contributed by atoms with Crippen LogP contribution in [0.25, 0.3) is 0 Å². The molecule has 2 aromatic heterocycles. The quantitative estimate of drug-likeness (QED) is 0.260. The molecular weight excluding hydrogens is 460 g/mol. The molecule has 0 saturated heterocycles. The maximum absolute atomic E-state index is 13.2. The van der Waals surface area contributed by atoms with Gasteiger partial charge in [0.25, 0.3) is 0 Å². The number of hydrogen-bond acceptors (Lipinski definition) is 6. The lowest BCUT2D eigenvalue weighted by Crippen LogP contribution is -2.33. The van der Waals surface area contributed by atoms with Crippen molar-refractivity contribution < 1.29 is 14.3 Å². The number of aromatic nitrogens is 4. The van der Waals surface area contributed by atoms with E-state index in [1.54, 1.807) is 0 Å². The van der Waals surface area contributed by atoms with Crippen molar-refractivity contribution >= 4 is 17.5 Å². The second-order valence-corrected chi connectivity index (χ2v) is 9.65. The number of nitrogens with zero attached hydrogens (tertiary/aromatic N) is 4. The summed E-state index contributed by atoms with van der Waals surface area (Å²) >= 11 is 1.43. The van der Waals surface area contributed by atoms with E-state index in [4.69, 9.17) is 9.47 Å². The lowest BCUT2D eigenvalue weighted by atomic mass is 10.2. The van der Waals surface area contributed by atoms with Crippen LogP contribution in [-0.4, -0.2) is 43.6 Å². The van der Waals surface area contributed by atoms with Gasteiger partial charge >= 0.3 is 0 Å². The Labute approximate surface area is 209 Å². The molecule has 35 heavy (non-hydrogen) atoms. The topological polar surface area (TPSA) is 71.2 Å². The second kappa shape index (κ2) is 10.00. The van der Waals surface area contributed by atoms with E-state index < -0.39 is 0 Å². The highest BCUT2D eigenvalue weighted by Gasteiger charge is 2.24. The predicted octanol–water partition coefficient (Wildman–Crippen LogP) is 4.87. The fraction of sp³-hybridized carbons (Fsp3) is 0.296. The summed E-state index contributed by atoms with van der Waals surface area (Å²) in [6.07, 6.45) is -0.119. The van der Waals surface area contributed by atoms with E-state index >= 15 is 0 Å². The van der Waals surface area contributed by atoms with Gasteiger partial charge in [0.1, 0.15) is 12.4 Å². The fourth-order valence-corrected chi connectivity index (χ4v) is 5.21. The minimum Gasteiger partial charge on any atom is -0.486 e. The van der Waals surface area contributed by atoms with Gasteiger partial charge in [0.05, 0.1) is 18.8 Å². The average Bonchev–Trinajstić information content (AvgIpc) is 3.36. The molecule has 0 aliphatic carbocycles. The third-order valence-corrected chi connectivity index (χ3v) is 7.21. The highest BCUT2D eigenvalue weighted by atomic mass is 32.2. The first kappa shape index (κ1) is 23.2. The van der Waals surface area contributed by atoms with E-state index in [9.17, 15) is 4.79 Å². The summed E-state index contributed by atoms with van der Waals surface area (Å²) in [4.78, 5) is 13.2. The molecule has 4 aromatic rings. The normalized spacial score (nSPS) is 14.8. The zero-order valence-corrected chi connectivity index (χ0v) is 20.9. The SMILES string of the molecule is Cc1cc(C(=O)CSc2nnc(C)n2Cc2ccccc2)c(C)n1C[C@@H]1COc2ccccc2O1. The van der Waals surface area contributed by atoms with Gasteiger partial charge in [0, 0.05) is 17.0 Å². The molecule has 0 bridgehead atoms. The van der Waals surface area contributed by atoms with E-state index in [0.29, 0.717) is 25.4 Å². The Bertz CT molecular complexity index is 1350. The van der Waals surface area contributed by atoms with Crippen molar-refractivity contribution in [3.63, 3.8) is 0 Å². The second-order valence-electron chi connectivity index (χ2n) is 8.71. The molecule has 1 atom stereocenters. The molecule has 0 unspecified atom stereocenters. The molecule has 1 aliphatic heterocycles. The van der Waals surface area contributed by atoms with Crippen molar-refractivity contribution in [2.24, 2.45) is 0 Å². The number of thioether (sulfide) groups is 1. The van der Waals surface area contributed by atoms with E-state index in [1.165, 1.54) is 17.3 Å². The number of Topliss-reactive ketones (excluding diaryl/α,β-unsaturated/α-hetero) is 1. The number of fused-ring (bicyclic) bond motifs is 1. The van der Waals surface area contributed by atoms with Crippen molar-refractivity contribution in [1.82, 2.24) is 19.3 Å². The number of ketones is 1. The number of rotatable bonds is 8. The molecule has 3 heterocycles. The van der Waals surface area contributed by atoms with E-state index in [2.05, 4.69) is 31.5 Å². The van der Waals surface area contributed by atoms with Crippen molar-refractivity contribution in [3.05, 3.63) is 89.0 Å². The predicted molar refractivity (Wildman–Crippen MR) is 136 cm³/mol. The summed E-state index contributed by atoms with van der Waals surface area (Å²) in [6.45, 7) is 7.72. The first-order chi connectivity index (χ1) is 17.0. The van der Waals surface area contributed by atoms with Crippen molar-refractivity contribution in [2.75, 3.05) is 12.4 Å². The number of carbonyl (C=O) groups is 1. The Morgan fingerprint density at radius 3 is 2.54 bits per heavy atom. The smallest absolute Gasteiger partial charge is 0.191 e. The number of para-hydroxylation sites is 2. The molecule has 2 aromatic carbocycles. The molecule has 8 heteroatoms. The van der Waals surface area contributed by atoms with Gasteiger partial charge < -0.3 is 18.6 Å². The van der Waals surface area contributed by atoms with Crippen molar-refractivity contribution in [2.45, 2.75) is 45.1 Å². The highest BCUT2D eigenvalue weighted by Crippen LogP contribution is 2.32. The Kier molecular flexibility index (Phi) is 6.63. The molecule has 0 amide bonds. The average molecular weight is 489 g/mol. The van der Waals surface area contributed by atoms with Gasteiger partial charge in [-0.3, -0.25) is 4.79 Å². The number of ether oxygens (including phenoxy) is 2. The minimum atomic E-state index is -0.119. The summed E-state index contributed by atoms with van der Waals surface area (Å²) in [5.74, 6) is 2.74. The summed E-state index contributed by atoms with van der Waals surface area (Å²) < 4.78 is 16.2. The summed E-state index contributed by atoms with van der Waals surface area (Å²) in [5, 5.41) is 9.29. The largest absolute Gasteiger partial charge is 0.486 e. The van der Waals surface area contributed by atoms with Crippen LogP contribution in [-0.2, 0) is 13.1 Å². The molecular formula is C27H28N4O3S. The van der Waals surface area contributed by atoms with Crippen LogP contribution in [0, 0.1) is 20.8 Å². The third kappa shape index (κ3) is 4.98. The Morgan fingerprint density at radius 1 is 1.00 bits per heavy atom. The maximum Gasteiger partial charge on any atom is 0.191 e. The van der Waals surface area contributed by atoms with Crippen LogP contribution >= 0.6 is 11.8 Å². The van der Waals surface area contributed by atoms with Crippen molar-refractivity contribution in [1.29, 1.82) is 0 Å². The van der Waals surface area contributed by atoms with Gasteiger partial charge in [-0.15, -0.1) is 10.2 Å². The number of carbonyl (C=O) groups excluding carboxylic acids is 1. The zero-order valence-electron chi connectivity index (χ0n) is 20.1. The zero-order chi connectivity index (χ0) is 24.4. The molecule has 1 aliphatic rings. The van der Waals surface area contributed by atoms with Gasteiger partial charge in [0.2, 0.25) is 0 Å². The molecule has 180 valence electrons. The number of aryl methyl sites for hydroxylation is 2. The van der Waals surface area contributed by atoms with Crippen LogP contribution in [0.15, 0.2) is 65.8 Å². The Balaban J connectivity index is 1.26. The van der Waals surface area contributed by atoms with Crippen LogP contribution in [0.1, 0.15) is 33.1 Å². The lowest BCUT2D eigenvalue weighted by molar-refractivity contribution is 0.0777. The van der Waals surface area contributed by atoms with Crippen molar-refractivity contribution in [3.8, 4) is 11.5 Å². The van der Waals surface area contributed by atoms with Crippen LogP contribution in [0.3, 0.4) is 0 Å². The highest BCUT2D eigenvalue weighted by molar-refractivity contribution is 7.99. The van der Waals surface area contributed by atoms with Crippen LogP contribution in [0.5, 0.6) is 11.5 Å². The molecule has 0 saturated carbocycles. The van der Waals surface area contributed by atoms with Crippen LogP contribution < -0.4 is 9.47 Å². The standard InChI is InChI=1S/C27H28N4O3S/c1-18-13-23(19(2)30(18)15-22-16-33-25-11-7-8-12-26(25)34-22)24(32)17-35-27-29-28-20(3)31(27)14-21-9-5-4-6-10-21/h4-13,22H,14-17H2,1-3H3/t22-/m1/s1. The monoisotopic (exact) mass is 488 g/mol. The number of hydrogen-bond donors (Lipinski definition) is 0. The van der Waals surface area contributed by atoms with Gasteiger partial charge in [-0.2, -0.15) is 0 Å². The number of benzene rings is 2. The Hall–Kier alpha value is -3.52. The molecule has 0 radical (unpaired) electrons. The van der Waals surface area contributed by atoms with Crippen LogP contribution in [0.4, 0.5) is 0 Å². The van der Waals surface area contributed by atoms with Gasteiger partial charge in [-0.05, 0) is 44.5 Å². The lowest BCUT2D eigenvalue weighted by Gasteiger charge is -2.27. The molecule has 7 nitrogen and oxygen atoms in total. The first-order valence-corrected chi connectivity index (χ1v) is 12.6. The van der Waals surface area contributed by atoms with E-state index in [-0.39, 0.29) is 11.9 Å². The maximum atomic E-state index is 13.2. The van der Waals surface area contributed by atoms with Gasteiger partial charge in [-0.1, -0.05) is 54.2 Å². The van der Waals surface area contributed by atoms with E-state index in [1.807, 2.05) is 69.3 Å². The molecule has 0 spiro atoms. The minimum absolute atomic E-state index is 0.0763. The molecule has 0 fully saturated rings. The fourth-order valence-electron chi connectivity index (χ4n) is 4.35. The molecule has 0 N–H and O–H groups in total. The van der Waals surface area contributed by atoms with Gasteiger partial charge in [0.15, 0.2) is 28.5 Å².